The number of nitrogens with zero attached hydrogens (tertiary/aromatic N) is 2. The number of ether oxygens (including phenoxy) is 2. The van der Waals surface area contributed by atoms with Gasteiger partial charge in [-0.05, 0) is 25.1 Å². The van der Waals surface area contributed by atoms with Gasteiger partial charge >= 0.3 is 12.2 Å². The summed E-state index contributed by atoms with van der Waals surface area (Å²) in [6.45, 7) is 3.93. The number of carbonyl (C=O) groups is 3. The molecule has 1 aliphatic rings. The van der Waals surface area contributed by atoms with Gasteiger partial charge in [0.2, 0.25) is 5.91 Å². The minimum absolute atomic E-state index is 0.122. The van der Waals surface area contributed by atoms with Gasteiger partial charge in [-0.3, -0.25) is 15.1 Å². The molecule has 3 N–H and O–H groups in total. The molecular weight excluding hydrogens is 385 g/mol. The fourth-order valence-corrected chi connectivity index (χ4v) is 2.71. The lowest BCUT2D eigenvalue weighted by molar-refractivity contribution is -0.119. The molecule has 1 atom stereocenters. The van der Waals surface area contributed by atoms with Crippen molar-refractivity contribution in [1.82, 2.24) is 10.6 Å². The van der Waals surface area contributed by atoms with E-state index in [0.717, 1.165) is 6.34 Å². The predicted molar refractivity (Wildman–Crippen MR) is 104 cm³/mol. The fraction of sp³-hybridized carbons (Fsp3) is 0.444. The van der Waals surface area contributed by atoms with Crippen LogP contribution in [0.3, 0.4) is 0 Å². The summed E-state index contributed by atoms with van der Waals surface area (Å²) in [6, 6.07) is 4.15. The average molecular weight is 409 g/mol. The highest BCUT2D eigenvalue weighted by Crippen LogP contribution is 2.27. The van der Waals surface area contributed by atoms with Crippen molar-refractivity contribution in [2.45, 2.75) is 20.0 Å². The minimum atomic E-state index is -0.639. The van der Waals surface area contributed by atoms with Crippen LogP contribution in [0.2, 0.25) is 0 Å². The maximum atomic E-state index is 14.6. The van der Waals surface area contributed by atoms with Crippen LogP contribution in [-0.2, 0) is 14.3 Å². The van der Waals surface area contributed by atoms with Crippen LogP contribution in [0.4, 0.5) is 25.4 Å². The van der Waals surface area contributed by atoms with E-state index >= 15 is 0 Å². The summed E-state index contributed by atoms with van der Waals surface area (Å²) < 4.78 is 24.5. The van der Waals surface area contributed by atoms with Crippen LogP contribution in [0, 0.1) is 11.2 Å². The largest absolute Gasteiger partial charge is 0.450 e. The Balaban J connectivity index is 2.01. The lowest BCUT2D eigenvalue weighted by Gasteiger charge is -2.21. The van der Waals surface area contributed by atoms with E-state index in [1.807, 2.05) is 0 Å². The first-order valence-electron chi connectivity index (χ1n) is 9.05. The fourth-order valence-electron chi connectivity index (χ4n) is 2.71. The topological polar surface area (TPSA) is 124 Å². The molecule has 1 aliphatic heterocycles. The highest BCUT2D eigenvalue weighted by atomic mass is 19.1. The second-order valence-corrected chi connectivity index (χ2v) is 6.16. The normalized spacial score (nSPS) is 15.5. The molecular formula is C18H24FN5O5. The molecule has 1 heterocycles. The Morgan fingerprint density at radius 2 is 2.21 bits per heavy atom. The number of alkyl carbamates (subject to hydrolysis) is 1. The summed E-state index contributed by atoms with van der Waals surface area (Å²) in [6.07, 6.45) is -0.802. The molecule has 0 aromatic heterocycles. The highest BCUT2D eigenvalue weighted by molar-refractivity contribution is 5.90. The first-order chi connectivity index (χ1) is 13.8. The lowest BCUT2D eigenvalue weighted by atomic mass is 10.2. The van der Waals surface area contributed by atoms with E-state index in [0.29, 0.717) is 5.69 Å². The van der Waals surface area contributed by atoms with Crippen LogP contribution in [0.1, 0.15) is 13.8 Å². The molecule has 29 heavy (non-hydrogen) atoms. The molecule has 0 radical (unpaired) electrons. The van der Waals surface area contributed by atoms with Crippen molar-refractivity contribution in [3.63, 3.8) is 0 Å². The molecule has 1 saturated heterocycles. The molecule has 10 nitrogen and oxygen atoms in total. The number of nitrogens with one attached hydrogen (secondary N) is 3. The number of halogens is 1. The third kappa shape index (κ3) is 6.06. The van der Waals surface area contributed by atoms with Gasteiger partial charge in [0.15, 0.2) is 0 Å². The van der Waals surface area contributed by atoms with Gasteiger partial charge in [-0.1, -0.05) is 0 Å². The molecule has 3 amide bonds. The molecule has 1 fully saturated rings. The number of rotatable bonds is 9. The van der Waals surface area contributed by atoms with Crippen molar-refractivity contribution >= 4 is 35.8 Å². The van der Waals surface area contributed by atoms with Gasteiger partial charge in [-0.25, -0.2) is 14.0 Å². The van der Waals surface area contributed by atoms with Gasteiger partial charge in [0, 0.05) is 20.0 Å². The monoisotopic (exact) mass is 409 g/mol. The molecule has 1 unspecified atom stereocenters. The van der Waals surface area contributed by atoms with Crippen LogP contribution in [0.15, 0.2) is 18.2 Å². The summed E-state index contributed by atoms with van der Waals surface area (Å²) >= 11 is 0. The van der Waals surface area contributed by atoms with Crippen LogP contribution in [0.5, 0.6) is 0 Å². The zero-order valence-electron chi connectivity index (χ0n) is 16.2. The zero-order valence-corrected chi connectivity index (χ0v) is 16.2. The lowest BCUT2D eigenvalue weighted by Crippen LogP contribution is -2.35. The van der Waals surface area contributed by atoms with Crippen LogP contribution in [-0.4, -0.2) is 63.3 Å². The molecule has 2 rings (SSSR count). The smallest absolute Gasteiger partial charge is 0.414 e. The van der Waals surface area contributed by atoms with Gasteiger partial charge < -0.3 is 25.0 Å². The number of anilines is 2. The second kappa shape index (κ2) is 10.2. The van der Waals surface area contributed by atoms with Crippen LogP contribution >= 0.6 is 0 Å². The first kappa shape index (κ1) is 21.9. The van der Waals surface area contributed by atoms with Gasteiger partial charge in [-0.15, -0.1) is 0 Å². The summed E-state index contributed by atoms with van der Waals surface area (Å²) in [7, 11) is 0. The van der Waals surface area contributed by atoms with Gasteiger partial charge in [0.25, 0.3) is 0 Å². The van der Waals surface area contributed by atoms with Crippen LogP contribution < -0.4 is 20.4 Å². The maximum Gasteiger partial charge on any atom is 0.414 e. The second-order valence-electron chi connectivity index (χ2n) is 6.16. The van der Waals surface area contributed by atoms with Gasteiger partial charge in [0.05, 0.1) is 37.4 Å². The quantitative estimate of drug-likeness (QED) is 0.419. The summed E-state index contributed by atoms with van der Waals surface area (Å²) in [4.78, 5) is 36.9. The maximum absolute atomic E-state index is 14.6. The number of carbonyl (C=O) groups excluding carboxylic acids is 3. The van der Waals surface area contributed by atoms with E-state index < -0.39 is 24.1 Å². The number of hydrogen-bond acceptors (Lipinski definition) is 6. The molecule has 1 aromatic carbocycles. The Morgan fingerprint density at radius 1 is 1.45 bits per heavy atom. The van der Waals surface area contributed by atoms with Crippen molar-refractivity contribution in [3.05, 3.63) is 24.0 Å². The Hall–Kier alpha value is -3.37. The summed E-state index contributed by atoms with van der Waals surface area (Å²) in [5.41, 5.74) is 0.424. The van der Waals surface area contributed by atoms with E-state index in [1.54, 1.807) is 6.92 Å². The van der Waals surface area contributed by atoms with Crippen molar-refractivity contribution in [3.8, 4) is 0 Å². The molecule has 1 aromatic rings. The van der Waals surface area contributed by atoms with Crippen molar-refractivity contribution in [2.75, 3.05) is 42.6 Å². The molecule has 0 spiro atoms. The Labute approximate surface area is 167 Å². The third-order valence-electron chi connectivity index (χ3n) is 4.06. The molecule has 0 bridgehead atoms. The summed E-state index contributed by atoms with van der Waals surface area (Å²) in [5, 5.41) is 12.6. The zero-order chi connectivity index (χ0) is 21.4. The number of cyclic esters (lactones) is 1. The van der Waals surface area contributed by atoms with Crippen molar-refractivity contribution in [2.24, 2.45) is 0 Å². The Kier molecular flexibility index (Phi) is 7.75. The Morgan fingerprint density at radius 3 is 2.83 bits per heavy atom. The Bertz CT molecular complexity index is 775. The van der Waals surface area contributed by atoms with E-state index in [9.17, 15) is 18.8 Å². The van der Waals surface area contributed by atoms with E-state index in [-0.39, 0.29) is 44.4 Å². The van der Waals surface area contributed by atoms with Crippen molar-refractivity contribution < 1.29 is 28.2 Å². The molecule has 0 saturated carbocycles. The predicted octanol–water partition coefficient (Wildman–Crippen LogP) is 1.45. The van der Waals surface area contributed by atoms with Crippen LogP contribution in [0.25, 0.3) is 0 Å². The minimum Gasteiger partial charge on any atom is -0.450 e. The average Bonchev–Trinajstić information content (AvgIpc) is 3.05. The van der Waals surface area contributed by atoms with Gasteiger partial charge in [-0.2, -0.15) is 0 Å². The highest BCUT2D eigenvalue weighted by Gasteiger charge is 2.32. The van der Waals surface area contributed by atoms with Crippen molar-refractivity contribution in [1.29, 1.82) is 5.41 Å². The first-order valence-corrected chi connectivity index (χ1v) is 9.05. The van der Waals surface area contributed by atoms with Gasteiger partial charge in [0.1, 0.15) is 11.9 Å². The SMILES string of the molecule is CCOC(=O)NCCN(C=N)c1ccc(N2CC(CNC(C)=O)OC2=O)cc1F. The molecule has 0 aliphatic carbocycles. The summed E-state index contributed by atoms with van der Waals surface area (Å²) in [5.74, 6) is -0.876. The van der Waals surface area contributed by atoms with E-state index in [1.165, 1.54) is 34.9 Å². The molecule has 158 valence electrons. The number of amides is 3. The van der Waals surface area contributed by atoms with E-state index in [2.05, 4.69) is 10.6 Å². The standard InChI is InChI=1S/C18H24FN5O5/c1-3-28-17(26)21-6-7-23(11-20)16-5-4-13(8-15(16)19)24-10-14(29-18(24)27)9-22-12(2)25/h4-5,8,11,14,20H,3,6-7,9-10H2,1-2H3,(H,21,26)(H,22,25). The number of benzene rings is 1. The number of hydrogen-bond donors (Lipinski definition) is 3. The third-order valence-corrected chi connectivity index (χ3v) is 4.06. The molecule has 11 heteroatoms. The van der Waals surface area contributed by atoms with E-state index in [4.69, 9.17) is 14.9 Å².